The molecule has 14 heavy (non-hydrogen) atoms. The number of carboxylic acid groups (broad SMARTS) is 1. The van der Waals surface area contributed by atoms with Crippen LogP contribution in [-0.2, 0) is 14.3 Å². The van der Waals surface area contributed by atoms with Crippen molar-refractivity contribution in [2.75, 3.05) is 12.9 Å². The number of thioether (sulfide) groups is 1. The van der Waals surface area contributed by atoms with Crippen LogP contribution in [0.5, 0.6) is 0 Å². The SMILES string of the molecule is COC(=O)CCSC1CCC1C(=O)O. The van der Waals surface area contributed by atoms with Crippen LogP contribution in [-0.4, -0.2) is 35.2 Å². The van der Waals surface area contributed by atoms with Crippen LogP contribution in [0, 0.1) is 5.92 Å². The van der Waals surface area contributed by atoms with Crippen LogP contribution in [0.1, 0.15) is 19.3 Å². The number of esters is 1. The second-order valence-corrected chi connectivity index (χ2v) is 4.60. The van der Waals surface area contributed by atoms with E-state index in [1.54, 1.807) is 11.8 Å². The molecule has 0 aromatic rings. The molecular weight excluding hydrogens is 204 g/mol. The molecule has 0 saturated heterocycles. The molecule has 0 amide bonds. The molecule has 0 aliphatic heterocycles. The van der Waals surface area contributed by atoms with Crippen molar-refractivity contribution in [3.8, 4) is 0 Å². The number of aliphatic carboxylic acids is 1. The molecule has 4 nitrogen and oxygen atoms in total. The van der Waals surface area contributed by atoms with Gasteiger partial charge in [0.25, 0.3) is 0 Å². The lowest BCUT2D eigenvalue weighted by Gasteiger charge is -2.32. The fraction of sp³-hybridized carbons (Fsp3) is 0.778. The van der Waals surface area contributed by atoms with Crippen molar-refractivity contribution in [3.63, 3.8) is 0 Å². The molecule has 0 heterocycles. The molecule has 80 valence electrons. The summed E-state index contributed by atoms with van der Waals surface area (Å²) < 4.78 is 4.49. The van der Waals surface area contributed by atoms with Gasteiger partial charge in [-0.2, -0.15) is 11.8 Å². The van der Waals surface area contributed by atoms with Crippen LogP contribution in [0.3, 0.4) is 0 Å². The average molecular weight is 218 g/mol. The van der Waals surface area contributed by atoms with Crippen LogP contribution in [0.4, 0.5) is 0 Å². The monoisotopic (exact) mass is 218 g/mol. The quantitative estimate of drug-likeness (QED) is 0.701. The topological polar surface area (TPSA) is 63.6 Å². The van der Waals surface area contributed by atoms with E-state index in [-0.39, 0.29) is 17.1 Å². The van der Waals surface area contributed by atoms with Crippen molar-refractivity contribution in [3.05, 3.63) is 0 Å². The summed E-state index contributed by atoms with van der Waals surface area (Å²) in [6.07, 6.45) is 2.08. The first kappa shape index (κ1) is 11.4. The third-order valence-corrected chi connectivity index (χ3v) is 3.83. The highest BCUT2D eigenvalue weighted by atomic mass is 32.2. The summed E-state index contributed by atoms with van der Waals surface area (Å²) in [6.45, 7) is 0. The van der Waals surface area contributed by atoms with E-state index in [9.17, 15) is 9.59 Å². The van der Waals surface area contributed by atoms with E-state index >= 15 is 0 Å². The molecule has 1 aliphatic rings. The molecule has 2 atom stereocenters. The predicted octanol–water partition coefficient (Wildman–Crippen LogP) is 1.15. The Labute approximate surface area is 87.0 Å². The van der Waals surface area contributed by atoms with Gasteiger partial charge in [0, 0.05) is 11.0 Å². The van der Waals surface area contributed by atoms with Gasteiger partial charge in [-0.15, -0.1) is 0 Å². The zero-order valence-corrected chi connectivity index (χ0v) is 8.88. The highest BCUT2D eigenvalue weighted by Crippen LogP contribution is 2.37. The number of carbonyl (C=O) groups is 2. The Morgan fingerprint density at radius 1 is 1.50 bits per heavy atom. The molecule has 1 fully saturated rings. The van der Waals surface area contributed by atoms with Gasteiger partial charge < -0.3 is 9.84 Å². The number of hydrogen-bond acceptors (Lipinski definition) is 4. The maximum atomic E-state index is 10.8. The first-order valence-corrected chi connectivity index (χ1v) is 5.61. The Morgan fingerprint density at radius 2 is 2.21 bits per heavy atom. The summed E-state index contributed by atoms with van der Waals surface area (Å²) in [5.74, 6) is -0.505. The zero-order chi connectivity index (χ0) is 10.6. The fourth-order valence-corrected chi connectivity index (χ4v) is 2.72. The Bertz CT molecular complexity index is 229. The average Bonchev–Trinajstić information content (AvgIpc) is 2.08. The van der Waals surface area contributed by atoms with Gasteiger partial charge in [0.05, 0.1) is 19.4 Å². The Kier molecular flexibility index (Phi) is 4.25. The van der Waals surface area contributed by atoms with Crippen LogP contribution in [0.2, 0.25) is 0 Å². The number of ether oxygens (including phenoxy) is 1. The first-order valence-electron chi connectivity index (χ1n) is 4.56. The number of carboxylic acids is 1. The predicted molar refractivity (Wildman–Crippen MR) is 53.2 cm³/mol. The van der Waals surface area contributed by atoms with Crippen LogP contribution < -0.4 is 0 Å². The van der Waals surface area contributed by atoms with Gasteiger partial charge in [0.1, 0.15) is 0 Å². The highest BCUT2D eigenvalue weighted by Gasteiger charge is 2.36. The van der Waals surface area contributed by atoms with Gasteiger partial charge in [0.15, 0.2) is 0 Å². The second-order valence-electron chi connectivity index (χ2n) is 3.26. The van der Waals surface area contributed by atoms with Crippen molar-refractivity contribution in [1.82, 2.24) is 0 Å². The number of rotatable bonds is 5. The normalized spacial score (nSPS) is 25.2. The summed E-state index contributed by atoms with van der Waals surface area (Å²) in [5, 5.41) is 8.95. The first-order chi connectivity index (χ1) is 6.65. The van der Waals surface area contributed by atoms with E-state index < -0.39 is 5.97 Å². The third kappa shape index (κ3) is 2.90. The lowest BCUT2D eigenvalue weighted by atomic mass is 9.85. The summed E-state index contributed by atoms with van der Waals surface area (Å²) in [6, 6.07) is 0. The van der Waals surface area contributed by atoms with E-state index in [0.717, 1.165) is 12.8 Å². The molecule has 1 N–H and O–H groups in total. The van der Waals surface area contributed by atoms with Gasteiger partial charge >= 0.3 is 11.9 Å². The van der Waals surface area contributed by atoms with Gasteiger partial charge in [-0.05, 0) is 12.8 Å². The van der Waals surface area contributed by atoms with Crippen LogP contribution in [0.25, 0.3) is 0 Å². The van der Waals surface area contributed by atoms with E-state index in [1.165, 1.54) is 7.11 Å². The molecule has 1 saturated carbocycles. The second kappa shape index (κ2) is 5.24. The fourth-order valence-electron chi connectivity index (χ4n) is 1.35. The van der Waals surface area contributed by atoms with Crippen molar-refractivity contribution in [1.29, 1.82) is 0 Å². The minimum absolute atomic E-state index is 0.192. The Hall–Kier alpha value is -0.710. The van der Waals surface area contributed by atoms with Crippen molar-refractivity contribution >= 4 is 23.7 Å². The minimum atomic E-state index is -0.716. The molecular formula is C9H14O4S. The third-order valence-electron chi connectivity index (χ3n) is 2.39. The molecule has 2 unspecified atom stereocenters. The van der Waals surface area contributed by atoms with Gasteiger partial charge in [-0.3, -0.25) is 9.59 Å². The smallest absolute Gasteiger partial charge is 0.307 e. The lowest BCUT2D eigenvalue weighted by Crippen LogP contribution is -2.35. The summed E-state index contributed by atoms with van der Waals surface area (Å²) in [4.78, 5) is 21.4. The highest BCUT2D eigenvalue weighted by molar-refractivity contribution is 8.00. The van der Waals surface area contributed by atoms with Crippen LogP contribution in [0.15, 0.2) is 0 Å². The summed E-state index contributed by atoms with van der Waals surface area (Å²) in [5.41, 5.74) is 0. The molecule has 0 radical (unpaired) electrons. The summed E-state index contributed by atoms with van der Waals surface area (Å²) in [7, 11) is 1.36. The molecule has 0 bridgehead atoms. The van der Waals surface area contributed by atoms with Crippen molar-refractivity contribution < 1.29 is 19.4 Å². The van der Waals surface area contributed by atoms with Crippen molar-refractivity contribution in [2.45, 2.75) is 24.5 Å². The Morgan fingerprint density at radius 3 is 2.64 bits per heavy atom. The van der Waals surface area contributed by atoms with Gasteiger partial charge in [-0.25, -0.2) is 0 Å². The van der Waals surface area contributed by atoms with Crippen LogP contribution >= 0.6 is 11.8 Å². The molecule has 0 aromatic carbocycles. The molecule has 1 aliphatic carbocycles. The molecule has 0 aromatic heterocycles. The molecule has 1 rings (SSSR count). The maximum absolute atomic E-state index is 10.8. The van der Waals surface area contributed by atoms with E-state index in [0.29, 0.717) is 12.2 Å². The Balaban J connectivity index is 2.13. The van der Waals surface area contributed by atoms with E-state index in [2.05, 4.69) is 4.74 Å². The standard InChI is InChI=1S/C9H14O4S/c1-13-8(10)4-5-14-7-3-2-6(7)9(11)12/h6-7H,2-5H2,1H3,(H,11,12). The van der Waals surface area contributed by atoms with Gasteiger partial charge in [-0.1, -0.05) is 0 Å². The largest absolute Gasteiger partial charge is 0.481 e. The minimum Gasteiger partial charge on any atom is -0.481 e. The zero-order valence-electron chi connectivity index (χ0n) is 8.06. The summed E-state index contributed by atoms with van der Waals surface area (Å²) >= 11 is 1.56. The number of hydrogen-bond donors (Lipinski definition) is 1. The lowest BCUT2D eigenvalue weighted by molar-refractivity contribution is -0.144. The number of carbonyl (C=O) groups excluding carboxylic acids is 1. The van der Waals surface area contributed by atoms with Crippen molar-refractivity contribution in [2.24, 2.45) is 5.92 Å². The van der Waals surface area contributed by atoms with E-state index in [4.69, 9.17) is 5.11 Å². The molecule has 0 spiro atoms. The maximum Gasteiger partial charge on any atom is 0.307 e. The van der Waals surface area contributed by atoms with Gasteiger partial charge in [0.2, 0.25) is 0 Å². The molecule has 5 heteroatoms. The number of methoxy groups -OCH3 is 1. The van der Waals surface area contributed by atoms with E-state index in [1.807, 2.05) is 0 Å².